The molecular formula is C21H29Cl2N5O2S. The fraction of sp³-hybridized carbons (Fsp3) is 0.476. The molecule has 0 bridgehead atoms. The van der Waals surface area contributed by atoms with Crippen LogP contribution in [0.2, 0.25) is 5.02 Å². The van der Waals surface area contributed by atoms with Gasteiger partial charge in [0.25, 0.3) is 5.91 Å². The molecule has 31 heavy (non-hydrogen) atoms. The number of likely N-dealkylation sites (N-methyl/N-ethyl adjacent to an activating group) is 1. The summed E-state index contributed by atoms with van der Waals surface area (Å²) in [6, 6.07) is 5.42. The Kier molecular flexibility index (Phi) is 9.12. The number of rotatable bonds is 9. The number of aromatic nitrogens is 3. The zero-order chi connectivity index (χ0) is 21.8. The van der Waals surface area contributed by atoms with Gasteiger partial charge in [0, 0.05) is 25.3 Å². The summed E-state index contributed by atoms with van der Waals surface area (Å²) in [5.74, 6) is 0.478. The van der Waals surface area contributed by atoms with Crippen LogP contribution < -0.4 is 9.64 Å². The molecule has 2 heterocycles. The first kappa shape index (κ1) is 25.4. The normalized spacial score (nSPS) is 11.1. The minimum Gasteiger partial charge on any atom is -0.494 e. The highest BCUT2D eigenvalue weighted by atomic mass is 35.5. The number of carbonyl (C=O) groups excluding carboxylic acids is 1. The number of aryl methyl sites for hydroxylation is 2. The van der Waals surface area contributed by atoms with Crippen molar-refractivity contribution in [3.63, 3.8) is 0 Å². The molecule has 1 aromatic carbocycles. The molecule has 0 radical (unpaired) electrons. The molecule has 170 valence electrons. The van der Waals surface area contributed by atoms with Crippen molar-refractivity contribution in [2.24, 2.45) is 0 Å². The number of anilines is 1. The Balaban J connectivity index is 0.00000341. The first-order chi connectivity index (χ1) is 14.4. The van der Waals surface area contributed by atoms with E-state index in [1.807, 2.05) is 24.6 Å². The minimum absolute atomic E-state index is 0. The summed E-state index contributed by atoms with van der Waals surface area (Å²) in [6.45, 7) is 12.0. The van der Waals surface area contributed by atoms with E-state index in [-0.39, 0.29) is 18.3 Å². The van der Waals surface area contributed by atoms with Gasteiger partial charge >= 0.3 is 0 Å². The van der Waals surface area contributed by atoms with Crippen molar-refractivity contribution in [3.8, 4) is 5.75 Å². The smallest absolute Gasteiger partial charge is 0.280 e. The number of carbonyl (C=O) groups is 1. The van der Waals surface area contributed by atoms with Crippen LogP contribution in [0.4, 0.5) is 5.13 Å². The molecule has 10 heteroatoms. The first-order valence-electron chi connectivity index (χ1n) is 10.1. The lowest BCUT2D eigenvalue weighted by molar-refractivity contribution is 0.0978. The zero-order valence-electron chi connectivity index (χ0n) is 18.5. The largest absolute Gasteiger partial charge is 0.494 e. The molecule has 2 aromatic heterocycles. The number of thiazole rings is 1. The first-order valence-corrected chi connectivity index (χ1v) is 11.3. The second kappa shape index (κ2) is 11.1. The van der Waals surface area contributed by atoms with Gasteiger partial charge in [0.1, 0.15) is 11.3 Å². The number of hydrogen-bond donors (Lipinski definition) is 0. The van der Waals surface area contributed by atoms with E-state index in [0.29, 0.717) is 40.2 Å². The van der Waals surface area contributed by atoms with E-state index in [1.54, 1.807) is 24.1 Å². The molecule has 1 amide bonds. The maximum atomic E-state index is 13.5. The number of amides is 1. The molecule has 0 saturated heterocycles. The van der Waals surface area contributed by atoms with Crippen molar-refractivity contribution in [3.05, 3.63) is 34.6 Å². The quantitative estimate of drug-likeness (QED) is 0.431. The van der Waals surface area contributed by atoms with Gasteiger partial charge in [-0.1, -0.05) is 36.8 Å². The van der Waals surface area contributed by atoms with Gasteiger partial charge in [-0.15, -0.1) is 12.4 Å². The Morgan fingerprint density at radius 3 is 2.52 bits per heavy atom. The van der Waals surface area contributed by atoms with Crippen LogP contribution in [0.3, 0.4) is 0 Å². The van der Waals surface area contributed by atoms with Crippen LogP contribution in [0, 0.1) is 6.92 Å². The summed E-state index contributed by atoms with van der Waals surface area (Å²) in [5.41, 5.74) is 2.05. The average Bonchev–Trinajstić information content (AvgIpc) is 3.35. The number of fused-ring (bicyclic) bond motifs is 1. The second-order valence-corrected chi connectivity index (χ2v) is 8.28. The Morgan fingerprint density at radius 2 is 1.94 bits per heavy atom. The van der Waals surface area contributed by atoms with Gasteiger partial charge in [-0.25, -0.2) is 4.98 Å². The van der Waals surface area contributed by atoms with Crippen molar-refractivity contribution < 1.29 is 9.53 Å². The second-order valence-electron chi connectivity index (χ2n) is 6.89. The number of benzene rings is 1. The maximum absolute atomic E-state index is 13.5. The summed E-state index contributed by atoms with van der Waals surface area (Å²) in [4.78, 5) is 22.2. The number of methoxy groups -OCH3 is 1. The van der Waals surface area contributed by atoms with Crippen LogP contribution in [0.1, 0.15) is 37.0 Å². The third-order valence-corrected chi connectivity index (χ3v) is 6.72. The molecule has 0 fully saturated rings. The Labute approximate surface area is 198 Å². The molecule has 0 aliphatic rings. The van der Waals surface area contributed by atoms with Gasteiger partial charge in [0.15, 0.2) is 10.8 Å². The topological polar surface area (TPSA) is 63.5 Å². The summed E-state index contributed by atoms with van der Waals surface area (Å²) in [5, 5.41) is 5.67. The lowest BCUT2D eigenvalue weighted by Gasteiger charge is -2.24. The van der Waals surface area contributed by atoms with Gasteiger partial charge in [-0.2, -0.15) is 5.10 Å². The van der Waals surface area contributed by atoms with Crippen molar-refractivity contribution >= 4 is 56.6 Å². The van der Waals surface area contributed by atoms with E-state index in [1.165, 1.54) is 11.3 Å². The summed E-state index contributed by atoms with van der Waals surface area (Å²) in [7, 11) is 1.60. The molecule has 3 rings (SSSR count). The van der Waals surface area contributed by atoms with Gasteiger partial charge in [0.05, 0.1) is 16.8 Å². The summed E-state index contributed by atoms with van der Waals surface area (Å²) < 4.78 is 8.08. The Hall–Kier alpha value is -1.87. The van der Waals surface area contributed by atoms with E-state index in [0.717, 1.165) is 30.0 Å². The molecule has 0 saturated carbocycles. The highest BCUT2D eigenvalue weighted by Gasteiger charge is 2.25. The standard InChI is InChI=1S/C21H28ClN5O2S.ClH/c1-6-25(7-2)11-12-26(20(28)16-13-14(4)27(8-3)24-16)21-23-18-17(29-5)10-9-15(22)19(18)30-21;/h9-10,13H,6-8,11-12H2,1-5H3;1H. The van der Waals surface area contributed by atoms with E-state index in [2.05, 4.69) is 23.8 Å². The van der Waals surface area contributed by atoms with Crippen LogP contribution >= 0.6 is 35.3 Å². The zero-order valence-corrected chi connectivity index (χ0v) is 20.9. The Bertz CT molecular complexity index is 1030. The molecule has 3 aromatic rings. The molecule has 0 atom stereocenters. The Morgan fingerprint density at radius 1 is 1.23 bits per heavy atom. The fourth-order valence-corrected chi connectivity index (χ4v) is 4.64. The van der Waals surface area contributed by atoms with E-state index < -0.39 is 0 Å². The van der Waals surface area contributed by atoms with Crippen LogP contribution in [-0.4, -0.2) is 58.9 Å². The SMILES string of the molecule is CCN(CC)CCN(C(=O)c1cc(C)n(CC)n1)c1nc2c(OC)ccc(Cl)c2s1.Cl. The van der Waals surface area contributed by atoms with E-state index in [9.17, 15) is 4.79 Å². The number of ether oxygens (including phenoxy) is 1. The van der Waals surface area contributed by atoms with Crippen LogP contribution in [0.25, 0.3) is 10.2 Å². The average molecular weight is 486 g/mol. The van der Waals surface area contributed by atoms with Crippen molar-refractivity contribution in [2.45, 2.75) is 34.2 Å². The number of hydrogen-bond acceptors (Lipinski definition) is 6. The molecule has 0 spiro atoms. The number of halogens is 2. The molecule has 0 N–H and O–H groups in total. The van der Waals surface area contributed by atoms with Crippen LogP contribution in [0.15, 0.2) is 18.2 Å². The van der Waals surface area contributed by atoms with Crippen LogP contribution in [0.5, 0.6) is 5.75 Å². The highest BCUT2D eigenvalue weighted by molar-refractivity contribution is 7.23. The molecule has 0 aliphatic heterocycles. The summed E-state index contributed by atoms with van der Waals surface area (Å²) >= 11 is 7.80. The fourth-order valence-electron chi connectivity index (χ4n) is 3.36. The summed E-state index contributed by atoms with van der Waals surface area (Å²) in [6.07, 6.45) is 0. The van der Waals surface area contributed by atoms with Gasteiger partial charge in [-0.3, -0.25) is 14.4 Å². The maximum Gasteiger partial charge on any atom is 0.280 e. The lowest BCUT2D eigenvalue weighted by atomic mass is 10.3. The number of nitrogens with zero attached hydrogens (tertiary/aromatic N) is 5. The van der Waals surface area contributed by atoms with E-state index in [4.69, 9.17) is 21.3 Å². The lowest BCUT2D eigenvalue weighted by Crippen LogP contribution is -2.39. The van der Waals surface area contributed by atoms with Gasteiger partial charge in [0.2, 0.25) is 0 Å². The molecule has 0 aliphatic carbocycles. The third-order valence-electron chi connectivity index (χ3n) is 5.18. The molecule has 0 unspecified atom stereocenters. The highest BCUT2D eigenvalue weighted by Crippen LogP contribution is 2.39. The van der Waals surface area contributed by atoms with Crippen molar-refractivity contribution in [1.82, 2.24) is 19.7 Å². The predicted molar refractivity (Wildman–Crippen MR) is 131 cm³/mol. The monoisotopic (exact) mass is 485 g/mol. The van der Waals surface area contributed by atoms with E-state index >= 15 is 0 Å². The van der Waals surface area contributed by atoms with Gasteiger partial charge < -0.3 is 9.64 Å². The third kappa shape index (κ3) is 5.31. The molecule has 7 nitrogen and oxygen atoms in total. The van der Waals surface area contributed by atoms with Crippen molar-refractivity contribution in [2.75, 3.05) is 38.2 Å². The van der Waals surface area contributed by atoms with Crippen molar-refractivity contribution in [1.29, 1.82) is 0 Å². The minimum atomic E-state index is -0.161. The van der Waals surface area contributed by atoms with Gasteiger partial charge in [-0.05, 0) is 45.1 Å². The molecular weight excluding hydrogens is 457 g/mol. The van der Waals surface area contributed by atoms with Crippen LogP contribution in [-0.2, 0) is 6.54 Å². The predicted octanol–water partition coefficient (Wildman–Crippen LogP) is 4.89.